The summed E-state index contributed by atoms with van der Waals surface area (Å²) in [6.45, 7) is 4.28. The second kappa shape index (κ2) is 5.80. The Kier molecular flexibility index (Phi) is 3.80. The topological polar surface area (TPSA) is 112 Å². The summed E-state index contributed by atoms with van der Waals surface area (Å²) in [4.78, 5) is 31.2. The fourth-order valence-electron chi connectivity index (χ4n) is 3.94. The number of aromatic nitrogens is 3. The van der Waals surface area contributed by atoms with E-state index in [1.165, 1.54) is 6.20 Å². The molecular weight excluding hydrogens is 339 g/mol. The molecule has 3 heterocycles. The van der Waals surface area contributed by atoms with Crippen molar-refractivity contribution in [3.8, 4) is 0 Å². The van der Waals surface area contributed by atoms with E-state index in [-0.39, 0.29) is 24.5 Å². The van der Waals surface area contributed by atoms with Crippen LogP contribution in [0.4, 0.5) is 10.2 Å². The van der Waals surface area contributed by atoms with Gasteiger partial charge in [0.05, 0.1) is 17.4 Å². The summed E-state index contributed by atoms with van der Waals surface area (Å²) >= 11 is 0. The Morgan fingerprint density at radius 1 is 1.31 bits per heavy atom. The summed E-state index contributed by atoms with van der Waals surface area (Å²) in [5, 5.41) is 0.306. The number of nitrogens with two attached hydrogens (primary N) is 2. The molecule has 26 heavy (non-hydrogen) atoms. The van der Waals surface area contributed by atoms with Gasteiger partial charge in [-0.15, -0.1) is 0 Å². The molecule has 2 aliphatic rings. The Morgan fingerprint density at radius 2 is 2.00 bits per heavy atom. The van der Waals surface area contributed by atoms with Gasteiger partial charge in [-0.05, 0) is 26.7 Å². The molecule has 2 aromatic heterocycles. The van der Waals surface area contributed by atoms with E-state index in [0.29, 0.717) is 33.5 Å². The van der Waals surface area contributed by atoms with E-state index >= 15 is 0 Å². The van der Waals surface area contributed by atoms with Crippen LogP contribution in [0, 0.1) is 12.8 Å². The number of fused-ring (bicyclic) bond motifs is 1. The van der Waals surface area contributed by atoms with E-state index in [0.717, 1.165) is 12.8 Å². The van der Waals surface area contributed by atoms with Crippen LogP contribution in [0.2, 0.25) is 0 Å². The Labute approximate surface area is 149 Å². The van der Waals surface area contributed by atoms with Gasteiger partial charge in [0, 0.05) is 36.3 Å². The van der Waals surface area contributed by atoms with Gasteiger partial charge >= 0.3 is 5.69 Å². The third-order valence-electron chi connectivity index (χ3n) is 5.54. The molecule has 8 nitrogen and oxygen atoms in total. The molecule has 4 rings (SSSR count). The number of halogens is 1. The van der Waals surface area contributed by atoms with Crippen molar-refractivity contribution >= 4 is 16.7 Å². The second-order valence-corrected chi connectivity index (χ2v) is 7.47. The average molecular weight is 362 g/mol. The molecule has 2 fully saturated rings. The van der Waals surface area contributed by atoms with Crippen molar-refractivity contribution in [3.63, 3.8) is 0 Å². The Morgan fingerprint density at radius 3 is 2.58 bits per heavy atom. The van der Waals surface area contributed by atoms with Crippen LogP contribution in [0.5, 0.6) is 0 Å². The molecule has 1 aliphatic heterocycles. The lowest BCUT2D eigenvalue weighted by Crippen LogP contribution is -2.44. The molecule has 140 valence electrons. The molecule has 3 atom stereocenters. The molecule has 1 aliphatic carbocycles. The summed E-state index contributed by atoms with van der Waals surface area (Å²) in [6, 6.07) is -0.219. The van der Waals surface area contributed by atoms with Crippen LogP contribution in [-0.2, 0) is 0 Å². The summed E-state index contributed by atoms with van der Waals surface area (Å²) < 4.78 is 16.6. The lowest BCUT2D eigenvalue weighted by molar-refractivity contribution is 0.259. The van der Waals surface area contributed by atoms with Crippen molar-refractivity contribution in [2.75, 3.05) is 23.8 Å². The first-order chi connectivity index (χ1) is 12.3. The van der Waals surface area contributed by atoms with E-state index in [9.17, 15) is 14.0 Å². The minimum atomic E-state index is -1.03. The number of pyridine rings is 1. The van der Waals surface area contributed by atoms with E-state index < -0.39 is 17.4 Å². The molecular formula is C17H23FN6O2. The maximum Gasteiger partial charge on any atom is 0.350 e. The number of anilines is 1. The lowest BCUT2D eigenvalue weighted by atomic mass is 10.0. The first-order valence-corrected chi connectivity index (χ1v) is 8.87. The van der Waals surface area contributed by atoms with Crippen LogP contribution in [-0.4, -0.2) is 39.5 Å². The monoisotopic (exact) mass is 362 g/mol. The van der Waals surface area contributed by atoms with E-state index in [1.807, 2.05) is 11.8 Å². The van der Waals surface area contributed by atoms with Gasteiger partial charge in [0.1, 0.15) is 12.0 Å². The Balaban J connectivity index is 1.91. The van der Waals surface area contributed by atoms with Crippen molar-refractivity contribution < 1.29 is 4.39 Å². The summed E-state index contributed by atoms with van der Waals surface area (Å²) in [6.07, 6.45) is 2.14. The zero-order valence-electron chi connectivity index (χ0n) is 14.9. The highest BCUT2D eigenvalue weighted by molar-refractivity contribution is 5.84. The molecule has 3 unspecified atom stereocenters. The zero-order valence-corrected chi connectivity index (χ0v) is 14.9. The summed E-state index contributed by atoms with van der Waals surface area (Å²) in [7, 11) is 0. The SMILES string of the molecule is Cc1c(N2CC(F)C(C(C)N)C2)ncc2c(=O)n(N)c(=O)n(C3CC3)c12. The molecule has 0 spiro atoms. The first-order valence-electron chi connectivity index (χ1n) is 8.87. The van der Waals surface area contributed by atoms with Gasteiger partial charge in [0.25, 0.3) is 5.56 Å². The molecule has 0 amide bonds. The highest BCUT2D eigenvalue weighted by Crippen LogP contribution is 2.37. The largest absolute Gasteiger partial charge is 0.353 e. The van der Waals surface area contributed by atoms with Crippen molar-refractivity contribution in [1.29, 1.82) is 0 Å². The molecule has 2 aromatic rings. The van der Waals surface area contributed by atoms with Crippen molar-refractivity contribution in [1.82, 2.24) is 14.2 Å². The van der Waals surface area contributed by atoms with Gasteiger partial charge in [-0.3, -0.25) is 9.36 Å². The molecule has 4 N–H and O–H groups in total. The number of nitrogen functional groups attached to an aromatic ring is 1. The van der Waals surface area contributed by atoms with Crippen LogP contribution in [0.1, 0.15) is 31.4 Å². The minimum absolute atomic E-state index is 0.0404. The number of nitrogens with zero attached hydrogens (tertiary/aromatic N) is 4. The van der Waals surface area contributed by atoms with E-state index in [2.05, 4.69) is 4.98 Å². The predicted molar refractivity (Wildman–Crippen MR) is 97.7 cm³/mol. The van der Waals surface area contributed by atoms with Crippen LogP contribution in [0.3, 0.4) is 0 Å². The quantitative estimate of drug-likeness (QED) is 0.746. The Bertz CT molecular complexity index is 993. The fraction of sp³-hybridized carbons (Fsp3) is 0.588. The lowest BCUT2D eigenvalue weighted by Gasteiger charge is -2.22. The van der Waals surface area contributed by atoms with Gasteiger partial charge < -0.3 is 16.5 Å². The smallest absolute Gasteiger partial charge is 0.350 e. The summed E-state index contributed by atoms with van der Waals surface area (Å²) in [5.74, 6) is 5.98. The molecule has 0 bridgehead atoms. The number of alkyl halides is 1. The highest BCUT2D eigenvalue weighted by atomic mass is 19.1. The van der Waals surface area contributed by atoms with E-state index in [4.69, 9.17) is 11.6 Å². The van der Waals surface area contributed by atoms with Crippen molar-refractivity contribution in [3.05, 3.63) is 32.6 Å². The van der Waals surface area contributed by atoms with Crippen LogP contribution in [0.15, 0.2) is 15.8 Å². The van der Waals surface area contributed by atoms with Crippen LogP contribution < -0.4 is 27.7 Å². The second-order valence-electron chi connectivity index (χ2n) is 7.47. The van der Waals surface area contributed by atoms with Gasteiger partial charge in [-0.1, -0.05) is 0 Å². The van der Waals surface area contributed by atoms with Gasteiger partial charge in [0.15, 0.2) is 0 Å². The molecule has 0 radical (unpaired) electrons. The number of aryl methyl sites for hydroxylation is 1. The van der Waals surface area contributed by atoms with Gasteiger partial charge in [-0.25, -0.2) is 14.2 Å². The number of hydrogen-bond acceptors (Lipinski definition) is 6. The third-order valence-corrected chi connectivity index (χ3v) is 5.54. The molecule has 1 saturated heterocycles. The van der Waals surface area contributed by atoms with E-state index in [1.54, 1.807) is 11.5 Å². The summed E-state index contributed by atoms with van der Waals surface area (Å²) in [5.41, 5.74) is 6.05. The average Bonchev–Trinajstić information content (AvgIpc) is 3.35. The number of rotatable bonds is 3. The minimum Gasteiger partial charge on any atom is -0.353 e. The molecule has 0 aromatic carbocycles. The normalized spacial score (nSPS) is 24.4. The molecule has 1 saturated carbocycles. The van der Waals surface area contributed by atoms with Crippen LogP contribution >= 0.6 is 0 Å². The van der Waals surface area contributed by atoms with Gasteiger partial charge in [-0.2, -0.15) is 4.68 Å². The molecule has 9 heteroatoms. The number of hydrogen-bond donors (Lipinski definition) is 2. The predicted octanol–water partition coefficient (Wildman–Crippen LogP) is 0.0368. The standard InChI is InChI=1S/C17H23FN6O2/c1-8-14-11(16(25)24(20)17(26)23(14)10-3-4-10)5-21-15(8)22-6-12(9(2)19)13(18)7-22/h5,9-10,12-13H,3-4,6-7,19-20H2,1-2H3. The maximum atomic E-state index is 14.3. The maximum absolute atomic E-state index is 14.3. The first kappa shape index (κ1) is 17.0. The Hall–Kier alpha value is -2.42. The van der Waals surface area contributed by atoms with Crippen LogP contribution in [0.25, 0.3) is 10.9 Å². The fourth-order valence-corrected chi connectivity index (χ4v) is 3.94. The highest BCUT2D eigenvalue weighted by Gasteiger charge is 2.37. The van der Waals surface area contributed by atoms with Crippen molar-refractivity contribution in [2.45, 2.75) is 44.9 Å². The third kappa shape index (κ3) is 2.41. The van der Waals surface area contributed by atoms with Gasteiger partial charge in [0.2, 0.25) is 0 Å². The van der Waals surface area contributed by atoms with Crippen molar-refractivity contribution in [2.24, 2.45) is 11.7 Å². The zero-order chi connectivity index (χ0) is 18.7.